The Hall–Kier alpha value is -1.75. The zero-order chi connectivity index (χ0) is 20.3. The monoisotopic (exact) mass is 432 g/mol. The fraction of sp³-hybridized carbons (Fsp3) is 0.435. The van der Waals surface area contributed by atoms with E-state index in [1.54, 1.807) is 0 Å². The number of rotatable bonds is 4. The van der Waals surface area contributed by atoms with E-state index in [2.05, 4.69) is 10.2 Å². The van der Waals surface area contributed by atoms with Crippen molar-refractivity contribution in [2.45, 2.75) is 37.5 Å². The van der Waals surface area contributed by atoms with Crippen molar-refractivity contribution in [2.24, 2.45) is 0 Å². The SMILES string of the molecule is O=C(Nc1ccc(N2CCCCC2)c(Cl)c1)C1(c2cccc(Cl)c2)CCOCC1. The largest absolute Gasteiger partial charge is 0.381 e. The summed E-state index contributed by atoms with van der Waals surface area (Å²) >= 11 is 12.8. The quantitative estimate of drug-likeness (QED) is 0.676. The molecule has 2 aromatic rings. The maximum atomic E-state index is 13.4. The highest BCUT2D eigenvalue weighted by Crippen LogP contribution is 2.38. The first-order chi connectivity index (χ1) is 14.1. The minimum absolute atomic E-state index is 0.0372. The predicted molar refractivity (Wildman–Crippen MR) is 119 cm³/mol. The lowest BCUT2D eigenvalue weighted by Crippen LogP contribution is -2.44. The van der Waals surface area contributed by atoms with Crippen molar-refractivity contribution in [2.75, 3.05) is 36.5 Å². The fourth-order valence-electron chi connectivity index (χ4n) is 4.38. The highest BCUT2D eigenvalue weighted by atomic mass is 35.5. The van der Waals surface area contributed by atoms with Crippen molar-refractivity contribution in [1.29, 1.82) is 0 Å². The van der Waals surface area contributed by atoms with Crippen LogP contribution in [0.5, 0.6) is 0 Å². The smallest absolute Gasteiger partial charge is 0.235 e. The summed E-state index contributed by atoms with van der Waals surface area (Å²) in [6.45, 7) is 3.16. The third-order valence-corrected chi connectivity index (χ3v) is 6.60. The molecule has 0 bridgehead atoms. The van der Waals surface area contributed by atoms with E-state index >= 15 is 0 Å². The van der Waals surface area contributed by atoms with Crippen molar-refractivity contribution in [1.82, 2.24) is 0 Å². The number of amides is 1. The van der Waals surface area contributed by atoms with Gasteiger partial charge in [-0.25, -0.2) is 0 Å². The van der Waals surface area contributed by atoms with Gasteiger partial charge in [0, 0.05) is 37.0 Å². The van der Waals surface area contributed by atoms with Gasteiger partial charge in [-0.1, -0.05) is 35.3 Å². The van der Waals surface area contributed by atoms with Crippen molar-refractivity contribution in [3.05, 3.63) is 58.1 Å². The average molecular weight is 433 g/mol. The molecular formula is C23H26Cl2N2O2. The van der Waals surface area contributed by atoms with Crippen LogP contribution in [-0.4, -0.2) is 32.2 Å². The van der Waals surface area contributed by atoms with E-state index in [1.165, 1.54) is 19.3 Å². The number of anilines is 2. The maximum Gasteiger partial charge on any atom is 0.235 e. The Morgan fingerprint density at radius 3 is 2.45 bits per heavy atom. The molecule has 1 amide bonds. The first kappa shape index (κ1) is 20.5. The molecule has 4 nitrogen and oxygen atoms in total. The first-order valence-electron chi connectivity index (χ1n) is 10.3. The number of piperidine rings is 1. The van der Waals surface area contributed by atoms with Crippen LogP contribution < -0.4 is 10.2 Å². The molecule has 0 radical (unpaired) electrons. The average Bonchev–Trinajstić information content (AvgIpc) is 2.75. The number of carbonyl (C=O) groups is 1. The Balaban J connectivity index is 1.57. The molecule has 154 valence electrons. The van der Waals surface area contributed by atoms with E-state index in [0.29, 0.717) is 41.8 Å². The predicted octanol–water partition coefficient (Wildman–Crippen LogP) is 5.67. The minimum Gasteiger partial charge on any atom is -0.381 e. The number of hydrogen-bond acceptors (Lipinski definition) is 3. The molecule has 0 unspecified atom stereocenters. The van der Waals surface area contributed by atoms with Crippen LogP contribution in [0.2, 0.25) is 10.0 Å². The molecule has 0 saturated carbocycles. The normalized spacial score (nSPS) is 19.0. The van der Waals surface area contributed by atoms with Crippen LogP contribution in [-0.2, 0) is 14.9 Å². The van der Waals surface area contributed by atoms with Gasteiger partial charge < -0.3 is 15.0 Å². The minimum atomic E-state index is -0.652. The van der Waals surface area contributed by atoms with E-state index < -0.39 is 5.41 Å². The van der Waals surface area contributed by atoms with Crippen molar-refractivity contribution >= 4 is 40.5 Å². The molecular weight excluding hydrogens is 407 g/mol. The van der Waals surface area contributed by atoms with Crippen LogP contribution in [0, 0.1) is 0 Å². The van der Waals surface area contributed by atoms with Gasteiger partial charge in [-0.3, -0.25) is 4.79 Å². The Kier molecular flexibility index (Phi) is 6.33. The van der Waals surface area contributed by atoms with Gasteiger partial charge in [0.25, 0.3) is 0 Å². The number of hydrogen-bond donors (Lipinski definition) is 1. The number of nitrogens with zero attached hydrogens (tertiary/aromatic N) is 1. The highest BCUT2D eigenvalue weighted by Gasteiger charge is 2.42. The number of benzene rings is 2. The summed E-state index contributed by atoms with van der Waals surface area (Å²) in [4.78, 5) is 15.8. The van der Waals surface area contributed by atoms with Crippen LogP contribution in [0.3, 0.4) is 0 Å². The second-order valence-electron chi connectivity index (χ2n) is 7.87. The number of carbonyl (C=O) groups excluding carboxylic acids is 1. The lowest BCUT2D eigenvalue weighted by atomic mass is 9.73. The van der Waals surface area contributed by atoms with E-state index in [9.17, 15) is 4.79 Å². The summed E-state index contributed by atoms with van der Waals surface area (Å²) in [7, 11) is 0. The van der Waals surface area contributed by atoms with Crippen LogP contribution in [0.25, 0.3) is 0 Å². The second kappa shape index (κ2) is 8.95. The van der Waals surface area contributed by atoms with Gasteiger partial charge in [0.05, 0.1) is 16.1 Å². The summed E-state index contributed by atoms with van der Waals surface area (Å²) in [5.74, 6) is -0.0372. The molecule has 2 saturated heterocycles. The van der Waals surface area contributed by atoms with Crippen LogP contribution in [0.15, 0.2) is 42.5 Å². The number of nitrogens with one attached hydrogen (secondary N) is 1. The topological polar surface area (TPSA) is 41.6 Å². The molecule has 2 fully saturated rings. The standard InChI is InChI=1S/C23H26Cl2N2O2/c24-18-6-4-5-17(15-18)23(9-13-29-14-10-23)22(28)26-19-7-8-21(20(25)16-19)27-11-2-1-3-12-27/h4-8,15-16H,1-3,9-14H2,(H,26,28). The Morgan fingerprint density at radius 1 is 1.00 bits per heavy atom. The van der Waals surface area contributed by atoms with Gasteiger partial charge in [0.15, 0.2) is 0 Å². The Morgan fingerprint density at radius 2 is 1.76 bits per heavy atom. The van der Waals surface area contributed by atoms with Gasteiger partial charge in [-0.2, -0.15) is 0 Å². The highest BCUT2D eigenvalue weighted by molar-refractivity contribution is 6.33. The maximum absolute atomic E-state index is 13.4. The zero-order valence-electron chi connectivity index (χ0n) is 16.4. The van der Waals surface area contributed by atoms with Crippen molar-refractivity contribution < 1.29 is 9.53 Å². The summed E-state index contributed by atoms with van der Waals surface area (Å²) in [6.07, 6.45) is 4.91. The van der Waals surface area contributed by atoms with E-state index in [0.717, 1.165) is 24.3 Å². The van der Waals surface area contributed by atoms with E-state index in [4.69, 9.17) is 27.9 Å². The van der Waals surface area contributed by atoms with Crippen LogP contribution in [0.4, 0.5) is 11.4 Å². The molecule has 6 heteroatoms. The van der Waals surface area contributed by atoms with Gasteiger partial charge in [-0.15, -0.1) is 0 Å². The zero-order valence-corrected chi connectivity index (χ0v) is 17.9. The Bertz CT molecular complexity index is 875. The van der Waals surface area contributed by atoms with Gasteiger partial charge in [-0.05, 0) is 68.0 Å². The van der Waals surface area contributed by atoms with Gasteiger partial charge in [0.2, 0.25) is 5.91 Å². The summed E-state index contributed by atoms with van der Waals surface area (Å²) < 4.78 is 5.54. The van der Waals surface area contributed by atoms with Crippen LogP contribution >= 0.6 is 23.2 Å². The summed E-state index contributed by atoms with van der Waals surface area (Å²) in [5.41, 5.74) is 2.04. The molecule has 0 spiro atoms. The van der Waals surface area contributed by atoms with E-state index in [1.807, 2.05) is 42.5 Å². The molecule has 0 aromatic heterocycles. The molecule has 1 N–H and O–H groups in total. The molecule has 0 atom stereocenters. The molecule has 0 aliphatic carbocycles. The number of halogens is 2. The molecule has 29 heavy (non-hydrogen) atoms. The Labute approximate surface area is 182 Å². The summed E-state index contributed by atoms with van der Waals surface area (Å²) in [6, 6.07) is 13.4. The third kappa shape index (κ3) is 4.40. The first-order valence-corrected chi connectivity index (χ1v) is 11.0. The van der Waals surface area contributed by atoms with E-state index in [-0.39, 0.29) is 5.91 Å². The molecule has 2 aromatic carbocycles. The van der Waals surface area contributed by atoms with Crippen LogP contribution in [0.1, 0.15) is 37.7 Å². The molecule has 2 aliphatic rings. The number of ether oxygens (including phenoxy) is 1. The fourth-order valence-corrected chi connectivity index (χ4v) is 4.87. The molecule has 4 rings (SSSR count). The van der Waals surface area contributed by atoms with Crippen molar-refractivity contribution in [3.8, 4) is 0 Å². The lowest BCUT2D eigenvalue weighted by molar-refractivity contribution is -0.125. The summed E-state index contributed by atoms with van der Waals surface area (Å²) in [5, 5.41) is 4.41. The third-order valence-electron chi connectivity index (χ3n) is 6.06. The molecule has 2 heterocycles. The van der Waals surface area contributed by atoms with Gasteiger partial charge in [0.1, 0.15) is 0 Å². The van der Waals surface area contributed by atoms with Crippen molar-refractivity contribution in [3.63, 3.8) is 0 Å². The molecule has 2 aliphatic heterocycles. The lowest BCUT2D eigenvalue weighted by Gasteiger charge is -2.36. The van der Waals surface area contributed by atoms with Gasteiger partial charge >= 0.3 is 0 Å². The second-order valence-corrected chi connectivity index (χ2v) is 8.72.